The molecule has 0 aliphatic carbocycles. The molecule has 0 unspecified atom stereocenters. The molecule has 0 radical (unpaired) electrons. The first-order chi connectivity index (χ1) is 16.7. The van der Waals surface area contributed by atoms with E-state index in [4.69, 9.17) is 11.6 Å². The number of rotatable bonds is 5. The number of carbonyl (C=O) groups is 3. The normalized spacial score (nSPS) is 13.2. The van der Waals surface area contributed by atoms with Gasteiger partial charge in [0.15, 0.2) is 0 Å². The monoisotopic (exact) mass is 477 g/mol. The molecule has 35 heavy (non-hydrogen) atoms. The molecule has 4 rings (SSSR count). The van der Waals surface area contributed by atoms with Crippen LogP contribution < -0.4 is 26.7 Å². The lowest BCUT2D eigenvalue weighted by Crippen LogP contribution is -2.36. The number of urea groups is 2. The average molecular weight is 478 g/mol. The van der Waals surface area contributed by atoms with Gasteiger partial charge in [-0.3, -0.25) is 19.6 Å². The largest absolute Gasteiger partial charge is 0.366 e. The van der Waals surface area contributed by atoms with Gasteiger partial charge in [0, 0.05) is 48.2 Å². The second-order valence-electron chi connectivity index (χ2n) is 8.05. The molecule has 0 atom stereocenters. The quantitative estimate of drug-likeness (QED) is 0.295. The van der Waals surface area contributed by atoms with Crippen molar-refractivity contribution in [1.29, 1.82) is 0 Å². The molecule has 1 aliphatic heterocycles. The molecule has 1 aromatic heterocycles. The number of hydrogen-bond acceptors (Lipinski definition) is 5. The Bertz CT molecular complexity index is 1310. The summed E-state index contributed by atoms with van der Waals surface area (Å²) in [5, 5.41) is 3.52. The van der Waals surface area contributed by atoms with E-state index in [1.165, 1.54) is 16.8 Å². The Balaban J connectivity index is 1.62. The lowest BCUT2D eigenvalue weighted by atomic mass is 10.0. The topological polar surface area (TPSA) is 138 Å². The van der Waals surface area contributed by atoms with Crippen LogP contribution in [0.2, 0.25) is 0 Å². The number of primary amides is 1. The van der Waals surface area contributed by atoms with Crippen LogP contribution in [0.25, 0.3) is 11.1 Å². The summed E-state index contributed by atoms with van der Waals surface area (Å²) in [7, 11) is 1.41. The van der Waals surface area contributed by atoms with E-state index < -0.39 is 17.8 Å². The summed E-state index contributed by atoms with van der Waals surface area (Å²) >= 11 is 0. The van der Waals surface area contributed by atoms with Crippen LogP contribution in [0.3, 0.4) is 0 Å². The third-order valence-electron chi connectivity index (χ3n) is 5.70. The smallest absolute Gasteiger partial charge is 0.335 e. The molecule has 180 valence electrons. The van der Waals surface area contributed by atoms with E-state index in [9.17, 15) is 18.8 Å². The van der Waals surface area contributed by atoms with E-state index in [0.717, 1.165) is 11.2 Å². The van der Waals surface area contributed by atoms with Crippen molar-refractivity contribution in [3.8, 4) is 11.1 Å². The first-order valence-corrected chi connectivity index (χ1v) is 10.7. The first-order valence-electron chi connectivity index (χ1n) is 10.7. The highest BCUT2D eigenvalue weighted by atomic mass is 19.1. The number of nitrogens with two attached hydrogens (primary N) is 2. The molecule has 1 aliphatic rings. The molecule has 2 aromatic carbocycles. The number of benzene rings is 2. The number of carbonyl (C=O) groups excluding carboxylic acids is 3. The molecule has 11 heteroatoms. The first kappa shape index (κ1) is 23.6. The highest BCUT2D eigenvalue weighted by molar-refractivity contribution is 6.07. The van der Waals surface area contributed by atoms with Gasteiger partial charge < -0.3 is 11.1 Å². The van der Waals surface area contributed by atoms with Crippen molar-refractivity contribution in [3.63, 3.8) is 0 Å². The zero-order valence-corrected chi connectivity index (χ0v) is 19.2. The maximum Gasteiger partial charge on any atom is 0.335 e. The van der Waals surface area contributed by atoms with Crippen LogP contribution in [0, 0.1) is 12.7 Å². The molecule has 1 fully saturated rings. The maximum absolute atomic E-state index is 14.9. The number of aromatic nitrogens is 1. The Morgan fingerprint density at radius 3 is 2.46 bits per heavy atom. The Hall–Kier alpha value is -4.51. The zero-order valence-electron chi connectivity index (χ0n) is 19.2. The lowest BCUT2D eigenvalue weighted by molar-refractivity contribution is 0.1000. The van der Waals surface area contributed by atoms with Crippen molar-refractivity contribution < 1.29 is 18.8 Å². The summed E-state index contributed by atoms with van der Waals surface area (Å²) in [6.45, 7) is 2.39. The predicted molar refractivity (Wildman–Crippen MR) is 130 cm³/mol. The number of amides is 5. The summed E-state index contributed by atoms with van der Waals surface area (Å²) in [5.41, 5.74) is 8.03. The highest BCUT2D eigenvalue weighted by Crippen LogP contribution is 2.34. The van der Waals surface area contributed by atoms with Crippen molar-refractivity contribution in [1.82, 2.24) is 9.99 Å². The summed E-state index contributed by atoms with van der Waals surface area (Å²) < 4.78 is 14.9. The minimum absolute atomic E-state index is 0.296. The van der Waals surface area contributed by atoms with Crippen molar-refractivity contribution >= 4 is 35.2 Å². The second kappa shape index (κ2) is 9.39. The lowest BCUT2D eigenvalue weighted by Gasteiger charge is -2.21. The molecule has 3 aromatic rings. The number of hydrazine groups is 1. The Morgan fingerprint density at radius 2 is 1.80 bits per heavy atom. The molecule has 0 spiro atoms. The van der Waals surface area contributed by atoms with E-state index in [2.05, 4.69) is 10.3 Å². The van der Waals surface area contributed by atoms with Gasteiger partial charge in [-0.05, 0) is 42.8 Å². The van der Waals surface area contributed by atoms with Crippen LogP contribution in [0.1, 0.15) is 15.9 Å². The second-order valence-corrected chi connectivity index (χ2v) is 8.05. The van der Waals surface area contributed by atoms with Crippen LogP contribution >= 0.6 is 0 Å². The van der Waals surface area contributed by atoms with Gasteiger partial charge in [0.1, 0.15) is 11.6 Å². The predicted octanol–water partition coefficient (Wildman–Crippen LogP) is 3.08. The third-order valence-corrected chi connectivity index (χ3v) is 5.70. The summed E-state index contributed by atoms with van der Waals surface area (Å²) in [6, 6.07) is 12.2. The Morgan fingerprint density at radius 1 is 1.11 bits per heavy atom. The maximum atomic E-state index is 14.9. The van der Waals surface area contributed by atoms with Crippen molar-refractivity contribution in [2.75, 3.05) is 35.3 Å². The van der Waals surface area contributed by atoms with E-state index in [0.29, 0.717) is 52.5 Å². The van der Waals surface area contributed by atoms with Crippen LogP contribution in [-0.2, 0) is 0 Å². The van der Waals surface area contributed by atoms with Gasteiger partial charge in [-0.1, -0.05) is 18.2 Å². The molecular formula is C24H24FN7O3. The molecule has 0 bridgehead atoms. The van der Waals surface area contributed by atoms with Crippen molar-refractivity contribution in [2.45, 2.75) is 6.92 Å². The number of nitrogens with one attached hydrogen (secondary N) is 1. The fraction of sp³-hybridized carbons (Fsp3) is 0.167. The summed E-state index contributed by atoms with van der Waals surface area (Å²) in [5.74, 6) is 4.62. The van der Waals surface area contributed by atoms with E-state index in [1.807, 2.05) is 0 Å². The van der Waals surface area contributed by atoms with Gasteiger partial charge in [0.05, 0.1) is 6.20 Å². The molecule has 5 amide bonds. The standard InChI is InChI=1S/C24H24FN7O3/c1-14-20(15-6-8-17(9-7-15)29-23(34)30(2)27)19(25)13-28-22(14)32-11-10-31(24(32)35)18-5-3-4-16(12-18)21(26)33/h3-9,12-13H,10-11,27H2,1-2H3,(H2,26,33)(H,29,34). The molecule has 1 saturated heterocycles. The van der Waals surface area contributed by atoms with Crippen LogP contribution in [0.5, 0.6) is 0 Å². The fourth-order valence-electron chi connectivity index (χ4n) is 3.93. The Labute approximate surface area is 200 Å². The van der Waals surface area contributed by atoms with Gasteiger partial charge in [-0.2, -0.15) is 0 Å². The highest BCUT2D eigenvalue weighted by Gasteiger charge is 2.33. The average Bonchev–Trinajstić information content (AvgIpc) is 3.21. The molecule has 10 nitrogen and oxygen atoms in total. The van der Waals surface area contributed by atoms with Gasteiger partial charge >= 0.3 is 12.1 Å². The van der Waals surface area contributed by atoms with Crippen LogP contribution in [0.15, 0.2) is 54.7 Å². The summed E-state index contributed by atoms with van der Waals surface area (Å²) in [6.07, 6.45) is 1.08. The molecule has 0 saturated carbocycles. The number of anilines is 3. The molecule has 2 heterocycles. The SMILES string of the molecule is Cc1c(N2CCN(c3cccc(C(N)=O)c3)C2=O)ncc(F)c1-c1ccc(NC(=O)N(C)N)cc1. The fourth-order valence-corrected chi connectivity index (χ4v) is 3.93. The van der Waals surface area contributed by atoms with E-state index >= 15 is 0 Å². The van der Waals surface area contributed by atoms with Crippen LogP contribution in [0.4, 0.5) is 31.2 Å². The zero-order chi connectivity index (χ0) is 25.3. The minimum atomic E-state index is -0.586. The number of nitrogens with zero attached hydrogens (tertiary/aromatic N) is 4. The van der Waals surface area contributed by atoms with Crippen LogP contribution in [-0.4, -0.2) is 48.1 Å². The van der Waals surface area contributed by atoms with Crippen molar-refractivity contribution in [2.24, 2.45) is 11.6 Å². The third kappa shape index (κ3) is 4.62. The number of hydrogen-bond donors (Lipinski definition) is 3. The minimum Gasteiger partial charge on any atom is -0.366 e. The molecule has 5 N–H and O–H groups in total. The summed E-state index contributed by atoms with van der Waals surface area (Å²) in [4.78, 5) is 43.7. The van der Waals surface area contributed by atoms with Gasteiger partial charge in [0.2, 0.25) is 5.91 Å². The van der Waals surface area contributed by atoms with Crippen molar-refractivity contribution in [3.05, 3.63) is 71.7 Å². The van der Waals surface area contributed by atoms with E-state index in [-0.39, 0.29) is 6.03 Å². The number of halogens is 1. The van der Waals surface area contributed by atoms with Gasteiger partial charge in [-0.15, -0.1) is 0 Å². The number of pyridine rings is 1. The van der Waals surface area contributed by atoms with Gasteiger partial charge in [0.25, 0.3) is 0 Å². The van der Waals surface area contributed by atoms with Gasteiger partial charge in [-0.25, -0.2) is 24.8 Å². The van der Waals surface area contributed by atoms with E-state index in [1.54, 1.807) is 55.5 Å². The Kier molecular flexibility index (Phi) is 6.34. The molecular weight excluding hydrogens is 453 g/mol.